The first-order chi connectivity index (χ1) is 5.80. The normalized spacial score (nSPS) is 10.2. The average Bonchev–Trinajstić information content (AvgIpc) is 1.92. The third kappa shape index (κ3) is 10.0. The Balaban J connectivity index is 0.000000252. The first-order valence-corrected chi connectivity index (χ1v) is 5.72. The van der Waals surface area contributed by atoms with E-state index in [1.54, 1.807) is 0 Å². The van der Waals surface area contributed by atoms with Gasteiger partial charge in [-0.15, -0.1) is 0 Å². The summed E-state index contributed by atoms with van der Waals surface area (Å²) in [6.07, 6.45) is 0. The molecule has 0 fully saturated rings. The first kappa shape index (κ1) is 13.1. The molecule has 0 radical (unpaired) electrons. The quantitative estimate of drug-likeness (QED) is 0.640. The van der Waals surface area contributed by atoms with Crippen molar-refractivity contribution in [2.45, 2.75) is 0 Å². The van der Waals surface area contributed by atoms with Gasteiger partial charge in [-0.25, -0.2) is 4.57 Å². The van der Waals surface area contributed by atoms with Crippen LogP contribution in [0.5, 0.6) is 0 Å². The van der Waals surface area contributed by atoms with Crippen LogP contribution in [0.25, 0.3) is 0 Å². The highest BCUT2D eigenvalue weighted by Gasteiger charge is 2.00. The zero-order chi connectivity index (χ0) is 10.5. The second kappa shape index (κ2) is 5.75. The topological polar surface area (TPSA) is 77.8 Å². The SMILES string of the molecule is Clc1ccccc1Br.O=P(O)(O)O. The lowest BCUT2D eigenvalue weighted by molar-refractivity contribution is 0.275. The van der Waals surface area contributed by atoms with Gasteiger partial charge in [-0.1, -0.05) is 23.7 Å². The third-order valence-corrected chi connectivity index (χ3v) is 2.07. The summed E-state index contributed by atoms with van der Waals surface area (Å²) in [6.45, 7) is 0. The average molecular weight is 289 g/mol. The van der Waals surface area contributed by atoms with Crippen molar-refractivity contribution in [1.82, 2.24) is 0 Å². The van der Waals surface area contributed by atoms with Crippen LogP contribution in [0.3, 0.4) is 0 Å². The van der Waals surface area contributed by atoms with Crippen LogP contribution in [-0.4, -0.2) is 14.7 Å². The van der Waals surface area contributed by atoms with E-state index in [0.29, 0.717) is 0 Å². The number of halogens is 2. The fraction of sp³-hybridized carbons (Fsp3) is 0. The summed E-state index contributed by atoms with van der Waals surface area (Å²) in [6, 6.07) is 7.57. The van der Waals surface area contributed by atoms with E-state index in [4.69, 9.17) is 30.8 Å². The van der Waals surface area contributed by atoms with Gasteiger partial charge >= 0.3 is 7.82 Å². The van der Waals surface area contributed by atoms with E-state index in [-0.39, 0.29) is 0 Å². The van der Waals surface area contributed by atoms with Gasteiger partial charge in [-0.05, 0) is 28.1 Å². The van der Waals surface area contributed by atoms with E-state index < -0.39 is 7.82 Å². The van der Waals surface area contributed by atoms with Gasteiger partial charge in [0.05, 0.1) is 5.02 Å². The molecule has 0 amide bonds. The maximum atomic E-state index is 8.88. The largest absolute Gasteiger partial charge is 0.466 e. The molecule has 0 aliphatic carbocycles. The van der Waals surface area contributed by atoms with Crippen LogP contribution in [0.1, 0.15) is 0 Å². The smallest absolute Gasteiger partial charge is 0.303 e. The Morgan fingerprint density at radius 2 is 1.62 bits per heavy atom. The molecule has 0 unspecified atom stereocenters. The van der Waals surface area contributed by atoms with Gasteiger partial charge in [0.1, 0.15) is 0 Å². The monoisotopic (exact) mass is 288 g/mol. The number of rotatable bonds is 0. The second-order valence-electron chi connectivity index (χ2n) is 1.93. The molecule has 0 aliphatic heterocycles. The molecule has 4 nitrogen and oxygen atoms in total. The van der Waals surface area contributed by atoms with E-state index in [9.17, 15) is 0 Å². The lowest BCUT2D eigenvalue weighted by Gasteiger charge is -1.88. The standard InChI is InChI=1S/C6H4BrCl.H3O4P/c7-5-3-1-2-4-6(5)8;1-5(2,3)4/h1-4H;(H3,1,2,3,4). The minimum atomic E-state index is -4.64. The van der Waals surface area contributed by atoms with Gasteiger partial charge in [0, 0.05) is 4.47 Å². The molecule has 0 saturated carbocycles. The Morgan fingerprint density at radius 1 is 1.23 bits per heavy atom. The number of hydrogen-bond acceptors (Lipinski definition) is 1. The van der Waals surface area contributed by atoms with Crippen LogP contribution in [0.4, 0.5) is 0 Å². The molecule has 1 rings (SSSR count). The van der Waals surface area contributed by atoms with Gasteiger partial charge in [0.2, 0.25) is 0 Å². The predicted octanol–water partition coefficient (Wildman–Crippen LogP) is 2.17. The van der Waals surface area contributed by atoms with Crippen LogP contribution < -0.4 is 0 Å². The molecule has 0 aromatic heterocycles. The molecule has 7 heteroatoms. The molecule has 0 bridgehead atoms. The maximum absolute atomic E-state index is 8.88. The molecule has 3 N–H and O–H groups in total. The van der Waals surface area contributed by atoms with Crippen molar-refractivity contribution in [3.05, 3.63) is 33.8 Å². The highest BCUT2D eigenvalue weighted by Crippen LogP contribution is 2.25. The van der Waals surface area contributed by atoms with Crippen LogP contribution >= 0.6 is 35.4 Å². The summed E-state index contributed by atoms with van der Waals surface area (Å²) in [5.74, 6) is 0. The van der Waals surface area contributed by atoms with E-state index in [1.807, 2.05) is 24.3 Å². The summed E-state index contributed by atoms with van der Waals surface area (Å²) in [4.78, 5) is 21.6. The molecular weight excluding hydrogens is 282 g/mol. The van der Waals surface area contributed by atoms with Crippen molar-refractivity contribution in [1.29, 1.82) is 0 Å². The minimum Gasteiger partial charge on any atom is -0.303 e. The van der Waals surface area contributed by atoms with Crippen LogP contribution in [0.2, 0.25) is 5.02 Å². The van der Waals surface area contributed by atoms with E-state index in [2.05, 4.69) is 15.9 Å². The number of benzene rings is 1. The first-order valence-electron chi connectivity index (χ1n) is 2.99. The van der Waals surface area contributed by atoms with E-state index in [1.165, 1.54) is 0 Å². The van der Waals surface area contributed by atoms with Crippen LogP contribution in [-0.2, 0) is 4.57 Å². The minimum absolute atomic E-state index is 0.757. The van der Waals surface area contributed by atoms with Gasteiger partial charge < -0.3 is 14.7 Å². The molecule has 0 aliphatic rings. The molecule has 0 atom stereocenters. The molecule has 74 valence electrons. The molecule has 0 heterocycles. The van der Waals surface area contributed by atoms with Gasteiger partial charge in [-0.3, -0.25) is 0 Å². The van der Waals surface area contributed by atoms with Gasteiger partial charge in [-0.2, -0.15) is 0 Å². The lowest BCUT2D eigenvalue weighted by Crippen LogP contribution is -1.66. The third-order valence-electron chi connectivity index (χ3n) is 0.824. The summed E-state index contributed by atoms with van der Waals surface area (Å²) >= 11 is 8.93. The Morgan fingerprint density at radius 3 is 1.85 bits per heavy atom. The molecule has 1 aromatic rings. The molecular formula is C6H7BrClO4P. The zero-order valence-corrected chi connectivity index (χ0v) is 9.50. The van der Waals surface area contributed by atoms with Gasteiger partial charge in [0.25, 0.3) is 0 Å². The Kier molecular flexibility index (Phi) is 5.80. The Labute approximate surface area is 88.5 Å². The van der Waals surface area contributed by atoms with Crippen LogP contribution in [0, 0.1) is 0 Å². The summed E-state index contributed by atoms with van der Waals surface area (Å²) in [5.41, 5.74) is 0. The highest BCUT2D eigenvalue weighted by atomic mass is 79.9. The van der Waals surface area contributed by atoms with E-state index in [0.717, 1.165) is 9.50 Å². The fourth-order valence-electron chi connectivity index (χ4n) is 0.439. The van der Waals surface area contributed by atoms with Gasteiger partial charge in [0.15, 0.2) is 0 Å². The van der Waals surface area contributed by atoms with Crippen molar-refractivity contribution in [2.75, 3.05) is 0 Å². The summed E-state index contributed by atoms with van der Waals surface area (Å²) in [7, 11) is -4.64. The predicted molar refractivity (Wildman–Crippen MR) is 53.4 cm³/mol. The van der Waals surface area contributed by atoms with Crippen LogP contribution in [0.15, 0.2) is 28.7 Å². The molecule has 0 saturated heterocycles. The zero-order valence-electron chi connectivity index (χ0n) is 6.26. The Bertz CT molecular complexity index is 284. The van der Waals surface area contributed by atoms with Crippen molar-refractivity contribution in [3.63, 3.8) is 0 Å². The fourth-order valence-corrected chi connectivity index (χ4v) is 0.860. The maximum Gasteiger partial charge on any atom is 0.466 e. The summed E-state index contributed by atoms with van der Waals surface area (Å²) < 4.78 is 9.83. The van der Waals surface area contributed by atoms with Crippen molar-refractivity contribution < 1.29 is 19.2 Å². The molecule has 13 heavy (non-hydrogen) atoms. The van der Waals surface area contributed by atoms with Crippen molar-refractivity contribution in [3.8, 4) is 0 Å². The summed E-state index contributed by atoms with van der Waals surface area (Å²) in [5, 5.41) is 0.757. The van der Waals surface area contributed by atoms with E-state index >= 15 is 0 Å². The second-order valence-corrected chi connectivity index (χ2v) is 4.22. The van der Waals surface area contributed by atoms with Crippen molar-refractivity contribution >= 4 is 35.4 Å². The lowest BCUT2D eigenvalue weighted by atomic mass is 10.4. The number of hydrogen-bond donors (Lipinski definition) is 3. The number of phosphoric acid groups is 1. The Hall–Kier alpha value is 0.1000. The molecule has 1 aromatic carbocycles. The highest BCUT2D eigenvalue weighted by molar-refractivity contribution is 9.10. The molecule has 0 spiro atoms. The van der Waals surface area contributed by atoms with Crippen molar-refractivity contribution in [2.24, 2.45) is 0 Å².